The van der Waals surface area contributed by atoms with Crippen LogP contribution in [0, 0.1) is 0 Å². The van der Waals surface area contributed by atoms with E-state index in [9.17, 15) is 14.4 Å². The average Bonchev–Trinajstić information content (AvgIpc) is 3.22. The molecular weight excluding hydrogens is 432 g/mol. The lowest BCUT2D eigenvalue weighted by molar-refractivity contribution is 0.0566. The van der Waals surface area contributed by atoms with Gasteiger partial charge in [0.25, 0.3) is 11.5 Å². The second-order valence-corrected chi connectivity index (χ2v) is 8.43. The zero-order valence-electron chi connectivity index (χ0n) is 18.7. The minimum atomic E-state index is -0.354. The molecule has 0 saturated carbocycles. The maximum absolute atomic E-state index is 13.5. The van der Waals surface area contributed by atoms with Gasteiger partial charge in [0.1, 0.15) is 5.69 Å². The number of carbonyl (C=O) groups is 2. The Hall–Kier alpha value is -4.20. The van der Waals surface area contributed by atoms with E-state index in [2.05, 4.69) is 0 Å². The van der Waals surface area contributed by atoms with Crippen LogP contribution in [0.15, 0.2) is 59.4 Å². The molecule has 0 N–H and O–H groups in total. The fourth-order valence-corrected chi connectivity index (χ4v) is 4.96. The highest BCUT2D eigenvalue weighted by Gasteiger charge is 2.28. The van der Waals surface area contributed by atoms with Crippen LogP contribution in [0.3, 0.4) is 0 Å². The van der Waals surface area contributed by atoms with Crippen molar-refractivity contribution in [2.24, 2.45) is 0 Å². The van der Waals surface area contributed by atoms with Crippen LogP contribution in [0.4, 0.5) is 4.79 Å². The van der Waals surface area contributed by atoms with E-state index in [0.29, 0.717) is 49.4 Å². The SMILES string of the molecule is CCOC(=O)N1CCN(C(=O)c2cc3c4ccccc4n4c(=O)c5ccccc5c(n2)c34)CC1. The van der Waals surface area contributed by atoms with E-state index < -0.39 is 0 Å². The summed E-state index contributed by atoms with van der Waals surface area (Å²) in [5, 5.41) is 3.04. The third kappa shape index (κ3) is 2.91. The number of pyridine rings is 2. The summed E-state index contributed by atoms with van der Waals surface area (Å²) < 4.78 is 6.78. The van der Waals surface area contributed by atoms with Gasteiger partial charge in [-0.15, -0.1) is 0 Å². The minimum absolute atomic E-state index is 0.0923. The number of carbonyl (C=O) groups excluding carboxylic acids is 2. The summed E-state index contributed by atoms with van der Waals surface area (Å²) in [6.07, 6.45) is -0.354. The normalized spacial score (nSPS) is 14.5. The second-order valence-electron chi connectivity index (χ2n) is 8.43. The van der Waals surface area contributed by atoms with Crippen molar-refractivity contribution in [2.75, 3.05) is 32.8 Å². The summed E-state index contributed by atoms with van der Waals surface area (Å²) in [7, 11) is 0. The van der Waals surface area contributed by atoms with Crippen LogP contribution in [0.1, 0.15) is 17.4 Å². The number of hydrogen-bond acceptors (Lipinski definition) is 5. The van der Waals surface area contributed by atoms with Gasteiger partial charge in [-0.05, 0) is 25.1 Å². The van der Waals surface area contributed by atoms with Crippen LogP contribution in [0.25, 0.3) is 38.1 Å². The van der Waals surface area contributed by atoms with Crippen molar-refractivity contribution in [3.05, 3.63) is 70.6 Å². The van der Waals surface area contributed by atoms with Gasteiger partial charge in [-0.2, -0.15) is 0 Å². The van der Waals surface area contributed by atoms with Crippen LogP contribution < -0.4 is 5.56 Å². The van der Waals surface area contributed by atoms with E-state index in [0.717, 1.165) is 27.2 Å². The Labute approximate surface area is 194 Å². The number of fused-ring (bicyclic) bond motifs is 5. The van der Waals surface area contributed by atoms with Crippen molar-refractivity contribution in [3.63, 3.8) is 0 Å². The first-order chi connectivity index (χ1) is 16.6. The predicted octanol–water partition coefficient (Wildman–Crippen LogP) is 3.51. The van der Waals surface area contributed by atoms with Gasteiger partial charge in [0, 0.05) is 47.7 Å². The summed E-state index contributed by atoms with van der Waals surface area (Å²) in [5.74, 6) is -0.187. The minimum Gasteiger partial charge on any atom is -0.450 e. The highest BCUT2D eigenvalue weighted by atomic mass is 16.6. The largest absolute Gasteiger partial charge is 0.450 e. The zero-order chi connectivity index (χ0) is 23.4. The average molecular weight is 454 g/mol. The first kappa shape index (κ1) is 20.4. The molecule has 0 radical (unpaired) electrons. The van der Waals surface area contributed by atoms with Crippen LogP contribution >= 0.6 is 0 Å². The molecule has 0 unspecified atom stereocenters. The molecule has 4 heterocycles. The lowest BCUT2D eigenvalue weighted by Gasteiger charge is -2.33. The van der Waals surface area contributed by atoms with Gasteiger partial charge >= 0.3 is 6.09 Å². The summed E-state index contributed by atoms with van der Waals surface area (Å²) in [5.41, 5.74) is 2.41. The molecule has 0 bridgehead atoms. The second kappa shape index (κ2) is 7.69. The summed E-state index contributed by atoms with van der Waals surface area (Å²) >= 11 is 0. The Morgan fingerprint density at radius 3 is 2.26 bits per heavy atom. The molecule has 34 heavy (non-hydrogen) atoms. The lowest BCUT2D eigenvalue weighted by atomic mass is 10.1. The maximum Gasteiger partial charge on any atom is 0.409 e. The fourth-order valence-electron chi connectivity index (χ4n) is 4.96. The number of nitrogens with zero attached hydrogens (tertiary/aromatic N) is 4. The smallest absolute Gasteiger partial charge is 0.409 e. The highest BCUT2D eigenvalue weighted by Crippen LogP contribution is 2.33. The number of benzene rings is 2. The molecule has 2 aromatic carbocycles. The number of hydrogen-bond donors (Lipinski definition) is 0. The van der Waals surface area contributed by atoms with E-state index in [1.54, 1.807) is 33.3 Å². The Morgan fingerprint density at radius 2 is 1.53 bits per heavy atom. The molecule has 170 valence electrons. The maximum atomic E-state index is 13.5. The molecule has 1 aliphatic rings. The van der Waals surface area contributed by atoms with Gasteiger partial charge in [0.15, 0.2) is 0 Å². The molecule has 1 saturated heterocycles. The first-order valence-corrected chi connectivity index (χ1v) is 11.4. The van der Waals surface area contributed by atoms with Crippen molar-refractivity contribution in [2.45, 2.75) is 6.92 Å². The number of para-hydroxylation sites is 1. The lowest BCUT2D eigenvalue weighted by Crippen LogP contribution is -2.50. The van der Waals surface area contributed by atoms with E-state index in [-0.39, 0.29) is 17.6 Å². The van der Waals surface area contributed by atoms with Crippen molar-refractivity contribution in [3.8, 4) is 0 Å². The third-order valence-corrected chi connectivity index (χ3v) is 6.58. The van der Waals surface area contributed by atoms with E-state index >= 15 is 0 Å². The quantitative estimate of drug-likeness (QED) is 0.381. The van der Waals surface area contributed by atoms with Gasteiger partial charge in [-0.1, -0.05) is 36.4 Å². The molecule has 5 aromatic rings. The molecule has 3 aromatic heterocycles. The van der Waals surface area contributed by atoms with Gasteiger partial charge < -0.3 is 14.5 Å². The molecule has 8 nitrogen and oxygen atoms in total. The zero-order valence-corrected chi connectivity index (χ0v) is 18.7. The molecular formula is C26H22N4O4. The van der Waals surface area contributed by atoms with E-state index in [4.69, 9.17) is 9.72 Å². The van der Waals surface area contributed by atoms with Crippen molar-refractivity contribution in [1.29, 1.82) is 0 Å². The van der Waals surface area contributed by atoms with Crippen molar-refractivity contribution < 1.29 is 14.3 Å². The predicted molar refractivity (Wildman–Crippen MR) is 130 cm³/mol. The number of piperazine rings is 1. The Balaban J connectivity index is 1.50. The molecule has 2 amide bonds. The van der Waals surface area contributed by atoms with Crippen molar-refractivity contribution in [1.82, 2.24) is 19.2 Å². The van der Waals surface area contributed by atoms with E-state index in [1.165, 1.54) is 0 Å². The molecule has 8 heteroatoms. The van der Waals surface area contributed by atoms with Gasteiger partial charge in [-0.3, -0.25) is 14.0 Å². The van der Waals surface area contributed by atoms with E-state index in [1.807, 2.05) is 42.5 Å². The van der Waals surface area contributed by atoms with Crippen LogP contribution in [0.2, 0.25) is 0 Å². The van der Waals surface area contributed by atoms with Gasteiger partial charge in [0.2, 0.25) is 0 Å². The number of ether oxygens (including phenoxy) is 1. The monoisotopic (exact) mass is 454 g/mol. The summed E-state index contributed by atoms with van der Waals surface area (Å²) in [6, 6.07) is 16.9. The van der Waals surface area contributed by atoms with Gasteiger partial charge in [-0.25, -0.2) is 9.78 Å². The standard InChI is InChI=1S/C26H22N4O4/c1-2-34-26(33)29-13-11-28(12-14-29)25(32)20-15-19-16-7-5-6-10-21(16)30-23(19)22(27-20)17-8-3-4-9-18(17)24(30)31/h3-10,15H,2,11-14H2,1H3. The topological polar surface area (TPSA) is 84.2 Å². The molecule has 0 spiro atoms. The Morgan fingerprint density at radius 1 is 0.882 bits per heavy atom. The summed E-state index contributed by atoms with van der Waals surface area (Å²) in [6.45, 7) is 3.73. The van der Waals surface area contributed by atoms with Crippen LogP contribution in [-0.2, 0) is 4.74 Å². The number of aromatic nitrogens is 2. The third-order valence-electron chi connectivity index (χ3n) is 6.58. The van der Waals surface area contributed by atoms with Crippen LogP contribution in [0.5, 0.6) is 0 Å². The van der Waals surface area contributed by atoms with Crippen molar-refractivity contribution >= 4 is 50.1 Å². The molecule has 1 aliphatic heterocycles. The Bertz CT molecular complexity index is 1650. The molecule has 0 aliphatic carbocycles. The fraction of sp³-hybridized carbons (Fsp3) is 0.231. The highest BCUT2D eigenvalue weighted by molar-refractivity contribution is 6.20. The molecule has 1 fully saturated rings. The van der Waals surface area contributed by atoms with Crippen LogP contribution in [-0.4, -0.2) is 64.0 Å². The number of amides is 2. The van der Waals surface area contributed by atoms with Gasteiger partial charge in [0.05, 0.1) is 23.2 Å². The Kier molecular flexibility index (Phi) is 4.62. The summed E-state index contributed by atoms with van der Waals surface area (Å²) in [4.78, 5) is 47.0. The molecule has 0 atom stereocenters. The first-order valence-electron chi connectivity index (χ1n) is 11.4. The number of rotatable bonds is 2. The molecule has 6 rings (SSSR count).